The van der Waals surface area contributed by atoms with Crippen LogP contribution in [0.4, 0.5) is 17.3 Å². The van der Waals surface area contributed by atoms with Gasteiger partial charge in [-0.15, -0.1) is 5.10 Å². The number of nitrogens with zero attached hydrogens (tertiary/aromatic N) is 2. The van der Waals surface area contributed by atoms with Gasteiger partial charge in [-0.3, -0.25) is 5.84 Å². The van der Waals surface area contributed by atoms with E-state index < -0.39 is 4.92 Å². The molecule has 6 N–H and O–H groups in total. The molecule has 0 bridgehead atoms. The Morgan fingerprint density at radius 2 is 2.36 bits per heavy atom. The predicted octanol–water partition coefficient (Wildman–Crippen LogP) is -0.814. The zero-order valence-electron chi connectivity index (χ0n) is 5.37. The van der Waals surface area contributed by atoms with Crippen molar-refractivity contribution < 1.29 is 4.92 Å². The minimum absolute atomic E-state index is 0.00463. The van der Waals surface area contributed by atoms with Gasteiger partial charge in [0, 0.05) is 0 Å². The Morgan fingerprint density at radius 1 is 1.73 bits per heavy atom. The third kappa shape index (κ3) is 1.05. The smallest absolute Gasteiger partial charge is 0.369 e. The van der Waals surface area contributed by atoms with Crippen molar-refractivity contribution >= 4 is 17.3 Å². The van der Waals surface area contributed by atoms with E-state index in [0.29, 0.717) is 0 Å². The summed E-state index contributed by atoms with van der Waals surface area (Å²) in [5, 5.41) is 15.7. The van der Waals surface area contributed by atoms with Crippen molar-refractivity contribution in [2.75, 3.05) is 11.2 Å². The van der Waals surface area contributed by atoms with Crippen molar-refractivity contribution in [2.24, 2.45) is 5.84 Å². The molecule has 0 saturated heterocycles. The molecular weight excluding hydrogens is 152 g/mol. The molecular formula is C3H6N6O2. The number of nitrogen functional groups attached to an aromatic ring is 2. The van der Waals surface area contributed by atoms with E-state index in [1.165, 1.54) is 0 Å². The molecule has 0 saturated carbocycles. The van der Waals surface area contributed by atoms with Gasteiger partial charge in [0.15, 0.2) is 11.5 Å². The van der Waals surface area contributed by atoms with Crippen molar-refractivity contribution in [3.05, 3.63) is 10.1 Å². The lowest BCUT2D eigenvalue weighted by Gasteiger charge is -1.94. The quantitative estimate of drug-likeness (QED) is 0.252. The van der Waals surface area contributed by atoms with Crippen LogP contribution in [0.1, 0.15) is 0 Å². The number of nitrogens with one attached hydrogen (secondary N) is 2. The van der Waals surface area contributed by atoms with Gasteiger partial charge in [0.05, 0.1) is 0 Å². The highest BCUT2D eigenvalue weighted by Gasteiger charge is 2.18. The molecule has 0 aliphatic heterocycles. The Morgan fingerprint density at radius 3 is 2.73 bits per heavy atom. The molecule has 60 valence electrons. The van der Waals surface area contributed by atoms with E-state index in [4.69, 9.17) is 11.6 Å². The van der Waals surface area contributed by atoms with Gasteiger partial charge in [0.1, 0.15) is 0 Å². The lowest BCUT2D eigenvalue weighted by atomic mass is 10.5. The Kier molecular flexibility index (Phi) is 1.60. The second-order valence-electron chi connectivity index (χ2n) is 1.73. The molecule has 1 aromatic heterocycles. The summed E-state index contributed by atoms with van der Waals surface area (Å²) in [4.78, 5) is 9.51. The van der Waals surface area contributed by atoms with Crippen LogP contribution in [0, 0.1) is 10.1 Å². The van der Waals surface area contributed by atoms with Crippen molar-refractivity contribution in [3.8, 4) is 0 Å². The summed E-state index contributed by atoms with van der Waals surface area (Å²) in [6.45, 7) is 0. The highest BCUT2D eigenvalue weighted by atomic mass is 16.6. The van der Waals surface area contributed by atoms with E-state index in [9.17, 15) is 10.1 Å². The summed E-state index contributed by atoms with van der Waals surface area (Å²) in [6, 6.07) is 0. The third-order valence-corrected chi connectivity index (χ3v) is 1.10. The molecule has 8 nitrogen and oxygen atoms in total. The first-order chi connectivity index (χ1) is 5.16. The molecule has 0 fully saturated rings. The normalized spacial score (nSPS) is 9.55. The summed E-state index contributed by atoms with van der Waals surface area (Å²) in [5.74, 6) is 4.57. The molecule has 1 heterocycles. The zero-order valence-corrected chi connectivity index (χ0v) is 5.37. The average Bonchev–Trinajstić information content (AvgIpc) is 2.30. The Labute approximate surface area is 60.7 Å². The molecule has 0 aliphatic rings. The predicted molar refractivity (Wildman–Crippen MR) is 37.5 cm³/mol. The van der Waals surface area contributed by atoms with Crippen molar-refractivity contribution in [3.63, 3.8) is 0 Å². The first-order valence-corrected chi connectivity index (χ1v) is 2.61. The SMILES string of the molecule is NNc1c(N)n[nH]c1[N+](=O)[O-]. The van der Waals surface area contributed by atoms with Gasteiger partial charge >= 0.3 is 5.82 Å². The summed E-state index contributed by atoms with van der Waals surface area (Å²) in [7, 11) is 0. The Balaban J connectivity index is 3.15. The van der Waals surface area contributed by atoms with E-state index in [1.807, 2.05) is 0 Å². The van der Waals surface area contributed by atoms with E-state index in [0.717, 1.165) is 0 Å². The summed E-state index contributed by atoms with van der Waals surface area (Å²) < 4.78 is 0. The highest BCUT2D eigenvalue weighted by molar-refractivity contribution is 5.70. The van der Waals surface area contributed by atoms with Crippen molar-refractivity contribution in [1.82, 2.24) is 10.2 Å². The van der Waals surface area contributed by atoms with Crippen LogP contribution in [-0.4, -0.2) is 15.1 Å². The summed E-state index contributed by atoms with van der Waals surface area (Å²) >= 11 is 0. The highest BCUT2D eigenvalue weighted by Crippen LogP contribution is 2.25. The molecule has 0 spiro atoms. The lowest BCUT2D eigenvalue weighted by molar-refractivity contribution is -0.388. The Hall–Kier alpha value is -1.83. The second-order valence-corrected chi connectivity index (χ2v) is 1.73. The third-order valence-electron chi connectivity index (χ3n) is 1.10. The van der Waals surface area contributed by atoms with E-state index in [1.54, 1.807) is 0 Å². The zero-order chi connectivity index (χ0) is 8.43. The standard InChI is InChI=1S/C3H6N6O2/c4-2-1(6-5)3(8-7-2)9(10)11/h6H,5H2,(H3,4,7,8). The van der Waals surface area contributed by atoms with E-state index in [2.05, 4.69) is 15.6 Å². The van der Waals surface area contributed by atoms with Gasteiger partial charge < -0.3 is 21.3 Å². The van der Waals surface area contributed by atoms with Gasteiger partial charge in [0.2, 0.25) is 0 Å². The topological polar surface area (TPSA) is 136 Å². The number of rotatable bonds is 2. The lowest BCUT2D eigenvalue weighted by Crippen LogP contribution is -2.09. The number of hydrogen-bond donors (Lipinski definition) is 4. The second kappa shape index (κ2) is 2.42. The molecule has 1 aromatic rings. The summed E-state index contributed by atoms with van der Waals surface area (Å²) in [6.07, 6.45) is 0. The maximum absolute atomic E-state index is 10.2. The first-order valence-electron chi connectivity index (χ1n) is 2.61. The fourth-order valence-electron chi connectivity index (χ4n) is 0.621. The maximum Gasteiger partial charge on any atom is 0.369 e. The van der Waals surface area contributed by atoms with Crippen LogP contribution < -0.4 is 17.0 Å². The van der Waals surface area contributed by atoms with Crippen LogP contribution in [0.25, 0.3) is 0 Å². The molecule has 8 heteroatoms. The minimum Gasteiger partial charge on any atom is -0.379 e. The number of aromatic amines is 1. The number of anilines is 2. The number of hydrazine groups is 1. The van der Waals surface area contributed by atoms with Crippen LogP contribution >= 0.6 is 0 Å². The van der Waals surface area contributed by atoms with E-state index in [-0.39, 0.29) is 17.3 Å². The van der Waals surface area contributed by atoms with Gasteiger partial charge in [-0.25, -0.2) is 0 Å². The van der Waals surface area contributed by atoms with Gasteiger partial charge in [0.25, 0.3) is 0 Å². The van der Waals surface area contributed by atoms with E-state index >= 15 is 0 Å². The van der Waals surface area contributed by atoms with Crippen molar-refractivity contribution in [1.29, 1.82) is 0 Å². The molecule has 0 aromatic carbocycles. The first kappa shape index (κ1) is 7.28. The number of nitrogens with two attached hydrogens (primary N) is 2. The minimum atomic E-state index is -0.668. The monoisotopic (exact) mass is 158 g/mol. The molecule has 0 atom stereocenters. The number of H-pyrrole nitrogens is 1. The average molecular weight is 158 g/mol. The van der Waals surface area contributed by atoms with Crippen LogP contribution in [0.2, 0.25) is 0 Å². The van der Waals surface area contributed by atoms with Crippen molar-refractivity contribution in [2.45, 2.75) is 0 Å². The number of hydrogen-bond acceptors (Lipinski definition) is 6. The summed E-state index contributed by atoms with van der Waals surface area (Å²) in [5.41, 5.74) is 7.26. The molecule has 1 rings (SSSR count). The largest absolute Gasteiger partial charge is 0.379 e. The molecule has 0 amide bonds. The van der Waals surface area contributed by atoms with Gasteiger partial charge in [-0.05, 0) is 4.92 Å². The van der Waals surface area contributed by atoms with Crippen LogP contribution in [0.3, 0.4) is 0 Å². The molecule has 0 radical (unpaired) electrons. The Bertz CT molecular complexity index is 279. The maximum atomic E-state index is 10.2. The van der Waals surface area contributed by atoms with Gasteiger partial charge in [-0.1, -0.05) is 5.10 Å². The molecule has 0 aliphatic carbocycles. The van der Waals surface area contributed by atoms with Crippen LogP contribution in [0.15, 0.2) is 0 Å². The van der Waals surface area contributed by atoms with Crippen LogP contribution in [-0.2, 0) is 0 Å². The van der Waals surface area contributed by atoms with Crippen LogP contribution in [0.5, 0.6) is 0 Å². The fraction of sp³-hybridized carbons (Fsp3) is 0. The fourth-order valence-corrected chi connectivity index (χ4v) is 0.621. The molecule has 11 heavy (non-hydrogen) atoms. The number of nitro groups is 1. The number of aromatic nitrogens is 2. The molecule has 0 unspecified atom stereocenters. The van der Waals surface area contributed by atoms with Gasteiger partial charge in [-0.2, -0.15) is 0 Å².